The molecule has 0 aliphatic heterocycles. The van der Waals surface area contributed by atoms with Crippen molar-refractivity contribution in [2.75, 3.05) is 0 Å². The third-order valence-corrected chi connectivity index (χ3v) is 3.53. The molecule has 0 fully saturated rings. The average Bonchev–Trinajstić information content (AvgIpc) is 2.23. The molecule has 21 heavy (non-hydrogen) atoms. The molecule has 0 radical (unpaired) electrons. The van der Waals surface area contributed by atoms with Crippen molar-refractivity contribution in [1.82, 2.24) is 0 Å². The van der Waals surface area contributed by atoms with E-state index < -0.39 is 7.82 Å². The Bertz CT molecular complexity index is 587. The molecule has 1 rings (SSSR count). The second-order valence-corrected chi connectivity index (χ2v) is 8.26. The third-order valence-electron chi connectivity index (χ3n) is 3.10. The molecule has 0 amide bonds. The molecular formula is C15H23O5P. The van der Waals surface area contributed by atoms with E-state index in [1.807, 2.05) is 41.5 Å². The Morgan fingerprint density at radius 2 is 1.57 bits per heavy atom. The van der Waals surface area contributed by atoms with E-state index in [-0.39, 0.29) is 22.1 Å². The zero-order valence-corrected chi connectivity index (χ0v) is 14.2. The monoisotopic (exact) mass is 314 g/mol. The van der Waals surface area contributed by atoms with Crippen LogP contribution in [-0.4, -0.2) is 16.1 Å². The standard InChI is InChI=1S/C15H23O5P/c1-14(2,3)11-7-8-12(20-21(17,18)19)10(9-16)13(11)15(4,5)6/h7-9H,1-6H3,(H2,17,18,19). The van der Waals surface area contributed by atoms with Crippen LogP contribution in [0.15, 0.2) is 12.1 Å². The summed E-state index contributed by atoms with van der Waals surface area (Å²) in [5.41, 5.74) is 1.32. The van der Waals surface area contributed by atoms with Gasteiger partial charge in [0.1, 0.15) is 5.75 Å². The number of rotatable bonds is 3. The quantitative estimate of drug-likeness (QED) is 0.658. The molecule has 1 aromatic rings. The maximum absolute atomic E-state index is 11.5. The lowest BCUT2D eigenvalue weighted by Crippen LogP contribution is -2.24. The first-order chi connectivity index (χ1) is 9.27. The summed E-state index contributed by atoms with van der Waals surface area (Å²) in [6.45, 7) is 11.9. The van der Waals surface area contributed by atoms with E-state index >= 15 is 0 Å². The highest BCUT2D eigenvalue weighted by molar-refractivity contribution is 7.46. The van der Waals surface area contributed by atoms with Gasteiger partial charge >= 0.3 is 7.82 Å². The van der Waals surface area contributed by atoms with Crippen molar-refractivity contribution >= 4 is 14.1 Å². The Hall–Kier alpha value is -1.16. The van der Waals surface area contributed by atoms with E-state index in [9.17, 15) is 9.36 Å². The summed E-state index contributed by atoms with van der Waals surface area (Å²) in [6, 6.07) is 3.21. The molecular weight excluding hydrogens is 291 g/mol. The summed E-state index contributed by atoms with van der Waals surface area (Å²) in [7, 11) is -4.71. The number of carbonyl (C=O) groups excluding carboxylic acids is 1. The molecule has 0 spiro atoms. The molecule has 0 aliphatic rings. The van der Waals surface area contributed by atoms with Crippen LogP contribution in [-0.2, 0) is 15.4 Å². The van der Waals surface area contributed by atoms with Crippen LogP contribution >= 0.6 is 7.82 Å². The van der Waals surface area contributed by atoms with Crippen LogP contribution in [0.4, 0.5) is 0 Å². The maximum atomic E-state index is 11.5. The van der Waals surface area contributed by atoms with Crippen LogP contribution in [0.3, 0.4) is 0 Å². The molecule has 0 heterocycles. The SMILES string of the molecule is CC(C)(C)c1ccc(OP(=O)(O)O)c(C=O)c1C(C)(C)C. The van der Waals surface area contributed by atoms with Crippen LogP contribution in [0.2, 0.25) is 0 Å². The van der Waals surface area contributed by atoms with E-state index in [2.05, 4.69) is 4.52 Å². The highest BCUT2D eigenvalue weighted by Gasteiger charge is 2.31. The summed E-state index contributed by atoms with van der Waals surface area (Å²) < 4.78 is 15.7. The number of aldehydes is 1. The molecule has 0 saturated carbocycles. The van der Waals surface area contributed by atoms with Gasteiger partial charge in [0.25, 0.3) is 0 Å². The molecule has 118 valence electrons. The first kappa shape index (κ1) is 17.9. The van der Waals surface area contributed by atoms with Gasteiger partial charge in [0.2, 0.25) is 0 Å². The Morgan fingerprint density at radius 1 is 1.05 bits per heavy atom. The van der Waals surface area contributed by atoms with Gasteiger partial charge < -0.3 is 4.52 Å². The fourth-order valence-electron chi connectivity index (χ4n) is 2.36. The largest absolute Gasteiger partial charge is 0.524 e. The highest BCUT2D eigenvalue weighted by Crippen LogP contribution is 2.44. The van der Waals surface area contributed by atoms with Crippen LogP contribution in [0, 0.1) is 0 Å². The minimum Gasteiger partial charge on any atom is -0.403 e. The maximum Gasteiger partial charge on any atom is 0.524 e. The zero-order chi connectivity index (χ0) is 16.6. The number of hydrogen-bond acceptors (Lipinski definition) is 3. The molecule has 5 nitrogen and oxygen atoms in total. The molecule has 0 atom stereocenters. The lowest BCUT2D eigenvalue weighted by molar-refractivity contribution is 0.111. The fraction of sp³-hybridized carbons (Fsp3) is 0.533. The zero-order valence-electron chi connectivity index (χ0n) is 13.3. The van der Waals surface area contributed by atoms with E-state index in [4.69, 9.17) is 9.79 Å². The van der Waals surface area contributed by atoms with Crippen LogP contribution < -0.4 is 4.52 Å². The van der Waals surface area contributed by atoms with E-state index in [1.54, 1.807) is 6.07 Å². The van der Waals surface area contributed by atoms with Crippen molar-refractivity contribution in [3.8, 4) is 5.75 Å². The number of benzene rings is 1. The summed E-state index contributed by atoms with van der Waals surface area (Å²) in [5.74, 6) is -0.0868. The molecule has 0 aromatic heterocycles. The molecule has 0 aliphatic carbocycles. The van der Waals surface area contributed by atoms with Crippen molar-refractivity contribution in [3.63, 3.8) is 0 Å². The van der Waals surface area contributed by atoms with Gasteiger partial charge in [0.05, 0.1) is 5.56 Å². The van der Waals surface area contributed by atoms with Gasteiger partial charge in [0.15, 0.2) is 6.29 Å². The van der Waals surface area contributed by atoms with Crippen LogP contribution in [0.25, 0.3) is 0 Å². The number of phosphoric ester groups is 1. The van der Waals surface area contributed by atoms with Gasteiger partial charge in [0, 0.05) is 0 Å². The normalized spacial score (nSPS) is 13.1. The van der Waals surface area contributed by atoms with Gasteiger partial charge in [-0.15, -0.1) is 0 Å². The molecule has 1 aromatic carbocycles. The Kier molecular flexibility index (Phi) is 4.74. The van der Waals surface area contributed by atoms with E-state index in [1.165, 1.54) is 6.07 Å². The van der Waals surface area contributed by atoms with Gasteiger partial charge in [-0.05, 0) is 28.0 Å². The minimum atomic E-state index is -4.71. The number of hydrogen-bond donors (Lipinski definition) is 2. The van der Waals surface area contributed by atoms with Crippen molar-refractivity contribution in [2.45, 2.75) is 52.4 Å². The Labute approximate surface area is 125 Å². The topological polar surface area (TPSA) is 83.8 Å². The lowest BCUT2D eigenvalue weighted by Gasteiger charge is -2.32. The summed E-state index contributed by atoms with van der Waals surface area (Å²) in [5, 5.41) is 0. The Balaban J connectivity index is 3.71. The van der Waals surface area contributed by atoms with Crippen LogP contribution in [0.1, 0.15) is 63.0 Å². The number of phosphoric acid groups is 1. The van der Waals surface area contributed by atoms with Gasteiger partial charge in [-0.3, -0.25) is 14.6 Å². The third kappa shape index (κ3) is 4.40. The van der Waals surface area contributed by atoms with Crippen molar-refractivity contribution in [2.24, 2.45) is 0 Å². The molecule has 0 bridgehead atoms. The van der Waals surface area contributed by atoms with Gasteiger partial charge in [-0.1, -0.05) is 47.6 Å². The Morgan fingerprint density at radius 3 is 1.90 bits per heavy atom. The highest BCUT2D eigenvalue weighted by atomic mass is 31.2. The first-order valence-electron chi connectivity index (χ1n) is 6.65. The fourth-order valence-corrected chi connectivity index (χ4v) is 2.77. The summed E-state index contributed by atoms with van der Waals surface area (Å²) >= 11 is 0. The molecule has 6 heteroatoms. The molecule has 0 saturated heterocycles. The molecule has 2 N–H and O–H groups in total. The van der Waals surface area contributed by atoms with Gasteiger partial charge in [-0.25, -0.2) is 4.57 Å². The summed E-state index contributed by atoms with van der Waals surface area (Å²) in [6.07, 6.45) is 0.598. The smallest absolute Gasteiger partial charge is 0.403 e. The number of carbonyl (C=O) groups is 1. The summed E-state index contributed by atoms with van der Waals surface area (Å²) in [4.78, 5) is 29.5. The average molecular weight is 314 g/mol. The van der Waals surface area contributed by atoms with Crippen LogP contribution in [0.5, 0.6) is 5.75 Å². The van der Waals surface area contributed by atoms with Crippen molar-refractivity contribution in [3.05, 3.63) is 28.8 Å². The van der Waals surface area contributed by atoms with Crippen molar-refractivity contribution < 1.29 is 23.7 Å². The second-order valence-electron chi connectivity index (χ2n) is 7.10. The molecule has 0 unspecified atom stereocenters. The predicted molar refractivity (Wildman–Crippen MR) is 81.9 cm³/mol. The van der Waals surface area contributed by atoms with Crippen molar-refractivity contribution in [1.29, 1.82) is 0 Å². The van der Waals surface area contributed by atoms with E-state index in [0.29, 0.717) is 6.29 Å². The van der Waals surface area contributed by atoms with E-state index in [0.717, 1.165) is 11.1 Å². The minimum absolute atomic E-state index is 0.0868. The first-order valence-corrected chi connectivity index (χ1v) is 8.18. The lowest BCUT2D eigenvalue weighted by atomic mass is 9.73. The predicted octanol–water partition coefficient (Wildman–Crippen LogP) is 3.57. The second kappa shape index (κ2) is 5.56. The van der Waals surface area contributed by atoms with Gasteiger partial charge in [-0.2, -0.15) is 0 Å².